The quantitative estimate of drug-likeness (QED) is 0.858. The Balaban J connectivity index is 3.08. The highest BCUT2D eigenvalue weighted by Crippen LogP contribution is 2.17. The molecule has 6 nitrogen and oxygen atoms in total. The second-order valence-electron chi connectivity index (χ2n) is 5.96. The number of carbonyl (C=O) groups excluding carboxylic acids is 1. The van der Waals surface area contributed by atoms with Gasteiger partial charge in [0.1, 0.15) is 5.60 Å². The molecule has 0 spiro atoms. The van der Waals surface area contributed by atoms with Crippen LogP contribution in [0.15, 0.2) is 17.3 Å². The predicted octanol–water partition coefficient (Wildman–Crippen LogP) is 1.67. The summed E-state index contributed by atoms with van der Waals surface area (Å²) in [4.78, 5) is 11.9. The van der Waals surface area contributed by atoms with Crippen LogP contribution in [-0.4, -0.2) is 30.6 Å². The van der Waals surface area contributed by atoms with E-state index in [1.807, 2.05) is 0 Å². The van der Waals surface area contributed by atoms with Crippen LogP contribution in [0.1, 0.15) is 45.0 Å². The molecule has 0 saturated heterocycles. The number of hydrogen-bond donors (Lipinski definition) is 1. The summed E-state index contributed by atoms with van der Waals surface area (Å²) < 4.78 is 33.3. The molecule has 7 heteroatoms. The third kappa shape index (κ3) is 4.35. The first kappa shape index (κ1) is 16.7. The third-order valence-electron chi connectivity index (χ3n) is 2.26. The van der Waals surface area contributed by atoms with E-state index < -0.39 is 21.6 Å². The molecule has 0 amide bonds. The van der Waals surface area contributed by atoms with E-state index in [1.54, 1.807) is 41.7 Å². The van der Waals surface area contributed by atoms with Crippen molar-refractivity contribution in [3.63, 3.8) is 0 Å². The maximum atomic E-state index is 12.1. The first-order valence-corrected chi connectivity index (χ1v) is 7.83. The molecular weight excluding hydrogens is 280 g/mol. The van der Waals surface area contributed by atoms with Crippen LogP contribution in [0.5, 0.6) is 0 Å². The fraction of sp³-hybridized carbons (Fsp3) is 0.615. The van der Waals surface area contributed by atoms with Crippen molar-refractivity contribution < 1.29 is 17.9 Å². The van der Waals surface area contributed by atoms with E-state index in [1.165, 1.54) is 16.8 Å². The maximum absolute atomic E-state index is 12.1. The molecule has 0 saturated carbocycles. The first-order valence-electron chi connectivity index (χ1n) is 6.34. The summed E-state index contributed by atoms with van der Waals surface area (Å²) in [5.74, 6) is -0.543. The fourth-order valence-corrected chi connectivity index (χ4v) is 3.09. The summed E-state index contributed by atoms with van der Waals surface area (Å²) in [5, 5.41) is 0.0343. The topological polar surface area (TPSA) is 77.4 Å². The minimum absolute atomic E-state index is 0.0343. The van der Waals surface area contributed by atoms with E-state index in [0.29, 0.717) is 0 Å². The van der Waals surface area contributed by atoms with E-state index in [2.05, 4.69) is 4.72 Å². The molecule has 1 rings (SSSR count). The summed E-state index contributed by atoms with van der Waals surface area (Å²) in [7, 11) is -2.07. The molecule has 0 fully saturated rings. The zero-order chi connectivity index (χ0) is 15.7. The number of hydrogen-bond acceptors (Lipinski definition) is 4. The smallest absolute Gasteiger partial charge is 0.340 e. The molecule has 0 atom stereocenters. The SMILES string of the molecule is CC(C)NS(=O)(=O)c1cc(C(=O)OC(C)(C)C)cn1C. The Hall–Kier alpha value is -1.34. The van der Waals surface area contributed by atoms with Gasteiger partial charge in [-0.1, -0.05) is 0 Å². The number of aryl methyl sites for hydroxylation is 1. The average Bonchev–Trinajstić information content (AvgIpc) is 2.56. The molecule has 0 aromatic carbocycles. The van der Waals surface area contributed by atoms with Crippen LogP contribution >= 0.6 is 0 Å². The van der Waals surface area contributed by atoms with Crippen molar-refractivity contribution >= 4 is 16.0 Å². The predicted molar refractivity (Wildman–Crippen MR) is 76.0 cm³/mol. The molecule has 0 bridgehead atoms. The van der Waals surface area contributed by atoms with Crippen molar-refractivity contribution in [2.24, 2.45) is 7.05 Å². The Bertz CT molecular complexity index is 594. The monoisotopic (exact) mass is 302 g/mol. The summed E-state index contributed by atoms with van der Waals surface area (Å²) in [5.41, 5.74) is -0.408. The van der Waals surface area contributed by atoms with Gasteiger partial charge in [0.2, 0.25) is 0 Å². The normalized spacial score (nSPS) is 12.8. The van der Waals surface area contributed by atoms with Gasteiger partial charge in [-0.15, -0.1) is 0 Å². The van der Waals surface area contributed by atoms with Crippen molar-refractivity contribution in [1.29, 1.82) is 0 Å². The lowest BCUT2D eigenvalue weighted by molar-refractivity contribution is 0.00695. The molecule has 0 aliphatic heterocycles. The highest BCUT2D eigenvalue weighted by Gasteiger charge is 2.24. The first-order chi connectivity index (χ1) is 8.92. The van der Waals surface area contributed by atoms with Crippen LogP contribution in [0.4, 0.5) is 0 Å². The Morgan fingerprint density at radius 1 is 1.35 bits per heavy atom. The van der Waals surface area contributed by atoms with E-state index in [-0.39, 0.29) is 16.6 Å². The summed E-state index contributed by atoms with van der Waals surface area (Å²) in [6.07, 6.45) is 1.45. The molecule has 114 valence electrons. The summed E-state index contributed by atoms with van der Waals surface area (Å²) in [6, 6.07) is 1.10. The Morgan fingerprint density at radius 2 is 1.90 bits per heavy atom. The Morgan fingerprint density at radius 3 is 2.35 bits per heavy atom. The minimum Gasteiger partial charge on any atom is -0.456 e. The lowest BCUT2D eigenvalue weighted by Gasteiger charge is -2.18. The van der Waals surface area contributed by atoms with Crippen molar-refractivity contribution in [3.05, 3.63) is 17.8 Å². The van der Waals surface area contributed by atoms with Crippen molar-refractivity contribution in [2.45, 2.75) is 51.3 Å². The molecule has 1 heterocycles. The third-order valence-corrected chi connectivity index (χ3v) is 4.00. The standard InChI is InChI=1S/C13H22N2O4S/c1-9(2)14-20(17,18)11-7-10(8-15(11)6)12(16)19-13(3,4)5/h7-9,14H,1-6H3. The van der Waals surface area contributed by atoms with Crippen LogP contribution in [0, 0.1) is 0 Å². The average molecular weight is 302 g/mol. The fourth-order valence-electron chi connectivity index (χ4n) is 1.63. The maximum Gasteiger partial charge on any atom is 0.340 e. The zero-order valence-corrected chi connectivity index (χ0v) is 13.5. The molecule has 1 aromatic rings. The number of carbonyl (C=O) groups is 1. The number of ether oxygens (including phenoxy) is 1. The molecular formula is C13H22N2O4S. The molecule has 1 aromatic heterocycles. The van der Waals surface area contributed by atoms with Crippen LogP contribution in [0.2, 0.25) is 0 Å². The number of nitrogens with one attached hydrogen (secondary N) is 1. The van der Waals surface area contributed by atoms with Gasteiger partial charge < -0.3 is 9.30 Å². The van der Waals surface area contributed by atoms with Gasteiger partial charge in [0.05, 0.1) is 5.56 Å². The highest BCUT2D eigenvalue weighted by atomic mass is 32.2. The van der Waals surface area contributed by atoms with Crippen LogP contribution in [0.25, 0.3) is 0 Å². The number of esters is 1. The second-order valence-corrected chi connectivity index (χ2v) is 7.62. The largest absolute Gasteiger partial charge is 0.456 e. The van der Waals surface area contributed by atoms with E-state index in [4.69, 9.17) is 4.74 Å². The number of sulfonamides is 1. The lowest BCUT2D eigenvalue weighted by atomic mass is 10.2. The van der Waals surface area contributed by atoms with Gasteiger partial charge in [-0.2, -0.15) is 0 Å². The summed E-state index contributed by atoms with van der Waals surface area (Å²) >= 11 is 0. The van der Waals surface area contributed by atoms with Gasteiger partial charge in [0.25, 0.3) is 10.0 Å². The lowest BCUT2D eigenvalue weighted by Crippen LogP contribution is -2.31. The molecule has 0 aliphatic rings. The molecule has 0 aliphatic carbocycles. The number of nitrogens with zero attached hydrogens (tertiary/aromatic N) is 1. The van der Waals surface area contributed by atoms with E-state index >= 15 is 0 Å². The van der Waals surface area contributed by atoms with Gasteiger partial charge in [0, 0.05) is 19.3 Å². The summed E-state index contributed by atoms with van der Waals surface area (Å²) in [6.45, 7) is 8.73. The Labute approximate surface area is 120 Å². The molecule has 0 radical (unpaired) electrons. The van der Waals surface area contributed by atoms with Crippen molar-refractivity contribution in [2.75, 3.05) is 0 Å². The van der Waals surface area contributed by atoms with Crippen LogP contribution in [0.3, 0.4) is 0 Å². The van der Waals surface area contributed by atoms with Crippen molar-refractivity contribution in [3.8, 4) is 0 Å². The van der Waals surface area contributed by atoms with Gasteiger partial charge >= 0.3 is 5.97 Å². The van der Waals surface area contributed by atoms with Crippen LogP contribution in [-0.2, 0) is 21.8 Å². The van der Waals surface area contributed by atoms with E-state index in [9.17, 15) is 13.2 Å². The van der Waals surface area contributed by atoms with Gasteiger partial charge in [0.15, 0.2) is 5.03 Å². The number of aromatic nitrogens is 1. The molecule has 0 unspecified atom stereocenters. The highest BCUT2D eigenvalue weighted by molar-refractivity contribution is 7.89. The zero-order valence-electron chi connectivity index (χ0n) is 12.7. The number of rotatable bonds is 4. The molecule has 1 N–H and O–H groups in total. The van der Waals surface area contributed by atoms with Crippen molar-refractivity contribution in [1.82, 2.24) is 9.29 Å². The Kier molecular flexibility index (Phi) is 4.66. The molecule has 20 heavy (non-hydrogen) atoms. The van der Waals surface area contributed by atoms with Gasteiger partial charge in [-0.25, -0.2) is 17.9 Å². The van der Waals surface area contributed by atoms with Gasteiger partial charge in [-0.3, -0.25) is 0 Å². The van der Waals surface area contributed by atoms with Gasteiger partial charge in [-0.05, 0) is 40.7 Å². The van der Waals surface area contributed by atoms with Crippen LogP contribution < -0.4 is 4.72 Å². The minimum atomic E-state index is -3.64. The second kappa shape index (κ2) is 5.57. The van der Waals surface area contributed by atoms with E-state index in [0.717, 1.165) is 0 Å².